The van der Waals surface area contributed by atoms with Crippen LogP contribution in [0.1, 0.15) is 17.4 Å². The Morgan fingerprint density at radius 1 is 1.57 bits per heavy atom. The Bertz CT molecular complexity index is 338. The van der Waals surface area contributed by atoms with E-state index in [1.807, 2.05) is 0 Å². The van der Waals surface area contributed by atoms with Crippen LogP contribution in [0.25, 0.3) is 0 Å². The molecule has 1 N–H and O–H groups in total. The molecule has 0 bridgehead atoms. The van der Waals surface area contributed by atoms with E-state index in [1.165, 1.54) is 19.3 Å². The summed E-state index contributed by atoms with van der Waals surface area (Å²) >= 11 is 0. The van der Waals surface area contributed by atoms with Crippen LogP contribution in [0.2, 0.25) is 0 Å². The maximum atomic E-state index is 12.1. The van der Waals surface area contributed by atoms with E-state index in [0.29, 0.717) is 0 Å². The first-order valence-electron chi connectivity index (χ1n) is 3.82. The summed E-state index contributed by atoms with van der Waals surface area (Å²) in [7, 11) is 0. The Hall–Kier alpha value is -1.23. The third-order valence-corrected chi connectivity index (χ3v) is 1.89. The molecule has 1 heterocycles. The number of hydrogen-bond donors (Lipinski definition) is 1. The van der Waals surface area contributed by atoms with Gasteiger partial charge in [-0.25, -0.2) is 0 Å². The van der Waals surface area contributed by atoms with Gasteiger partial charge in [0.25, 0.3) is 0 Å². The summed E-state index contributed by atoms with van der Waals surface area (Å²) in [6.45, 7) is 4.28. The van der Waals surface area contributed by atoms with E-state index < -0.39 is 17.9 Å². The molecule has 1 aromatic rings. The first-order chi connectivity index (χ1) is 6.34. The summed E-state index contributed by atoms with van der Waals surface area (Å²) in [5.41, 5.74) is -1.10. The van der Waals surface area contributed by atoms with Crippen LogP contribution < -0.4 is 0 Å². The van der Waals surface area contributed by atoms with Crippen molar-refractivity contribution >= 4 is 0 Å². The molecule has 0 radical (unpaired) electrons. The van der Waals surface area contributed by atoms with Crippen molar-refractivity contribution < 1.29 is 22.7 Å². The lowest BCUT2D eigenvalue weighted by atomic mass is 10.0. The van der Waals surface area contributed by atoms with Crippen LogP contribution in [-0.2, 0) is 0 Å². The number of aryl methyl sites for hydroxylation is 1. The van der Waals surface area contributed by atoms with Crippen LogP contribution in [0, 0.1) is 6.92 Å². The molecule has 0 aliphatic rings. The summed E-state index contributed by atoms with van der Waals surface area (Å²) in [6.07, 6.45) is -5.13. The van der Waals surface area contributed by atoms with Gasteiger partial charge in [0.15, 0.2) is 0 Å². The highest BCUT2D eigenvalue weighted by Crippen LogP contribution is 2.35. The van der Waals surface area contributed by atoms with Crippen molar-refractivity contribution in [1.82, 2.24) is 0 Å². The number of furan rings is 1. The normalized spacial score (nSPS) is 14.1. The van der Waals surface area contributed by atoms with Gasteiger partial charge in [-0.3, -0.25) is 0 Å². The molecule has 1 rings (SSSR count). The molecule has 0 saturated heterocycles. The lowest BCUT2D eigenvalue weighted by Gasteiger charge is -2.15. The van der Waals surface area contributed by atoms with Crippen molar-refractivity contribution in [2.75, 3.05) is 0 Å². The Morgan fingerprint density at radius 2 is 2.14 bits per heavy atom. The van der Waals surface area contributed by atoms with Crippen molar-refractivity contribution in [2.45, 2.75) is 19.2 Å². The van der Waals surface area contributed by atoms with Crippen molar-refractivity contribution in [3.8, 4) is 0 Å². The van der Waals surface area contributed by atoms with Gasteiger partial charge < -0.3 is 9.52 Å². The average molecular weight is 206 g/mol. The monoisotopic (exact) mass is 206 g/mol. The number of aliphatic hydroxyl groups excluding tert-OH is 1. The Morgan fingerprint density at radius 3 is 2.50 bits per heavy atom. The minimum absolute atomic E-state index is 0.0901. The first-order valence-corrected chi connectivity index (χ1v) is 3.82. The molecular weight excluding hydrogens is 197 g/mol. The molecular formula is C9H9F3O2. The van der Waals surface area contributed by atoms with Crippen LogP contribution in [0.4, 0.5) is 13.2 Å². The van der Waals surface area contributed by atoms with E-state index in [0.717, 1.165) is 0 Å². The Kier molecular flexibility index (Phi) is 2.71. The average Bonchev–Trinajstić information content (AvgIpc) is 2.47. The summed E-state index contributed by atoms with van der Waals surface area (Å²) in [6, 6.07) is 1.29. The second-order valence-corrected chi connectivity index (χ2v) is 2.86. The fourth-order valence-corrected chi connectivity index (χ4v) is 1.02. The van der Waals surface area contributed by atoms with Gasteiger partial charge in [0.05, 0.1) is 11.8 Å². The standard InChI is InChI=1S/C9H9F3O2/c1-5(9(10,11)12)8(13)7-3-4-14-6(7)2/h3-4,8,13H,1H2,2H3. The Balaban J connectivity index is 2.92. The summed E-state index contributed by atoms with van der Waals surface area (Å²) in [5, 5.41) is 9.31. The van der Waals surface area contributed by atoms with Crippen LogP contribution in [-0.4, -0.2) is 11.3 Å². The lowest BCUT2D eigenvalue weighted by molar-refractivity contribution is -0.105. The van der Waals surface area contributed by atoms with Crippen LogP contribution in [0.15, 0.2) is 28.9 Å². The van der Waals surface area contributed by atoms with Gasteiger partial charge in [-0.05, 0) is 13.0 Å². The minimum atomic E-state index is -4.59. The third-order valence-electron chi connectivity index (χ3n) is 1.89. The number of rotatable bonds is 2. The smallest absolute Gasteiger partial charge is 0.414 e. The number of hydrogen-bond acceptors (Lipinski definition) is 2. The second kappa shape index (κ2) is 3.49. The highest BCUT2D eigenvalue weighted by atomic mass is 19.4. The molecule has 5 heteroatoms. The highest BCUT2D eigenvalue weighted by Gasteiger charge is 2.37. The molecule has 1 unspecified atom stereocenters. The molecule has 0 fully saturated rings. The summed E-state index contributed by atoms with van der Waals surface area (Å²) in [4.78, 5) is 0. The lowest BCUT2D eigenvalue weighted by Crippen LogP contribution is -2.17. The fraction of sp³-hybridized carbons (Fsp3) is 0.333. The molecule has 0 aliphatic heterocycles. The molecule has 2 nitrogen and oxygen atoms in total. The molecule has 0 saturated carbocycles. The van der Waals surface area contributed by atoms with E-state index in [2.05, 4.69) is 6.58 Å². The first kappa shape index (κ1) is 10.8. The second-order valence-electron chi connectivity index (χ2n) is 2.86. The van der Waals surface area contributed by atoms with Gasteiger partial charge in [-0.2, -0.15) is 13.2 Å². The SMILES string of the molecule is C=C(C(O)c1ccoc1C)C(F)(F)F. The zero-order valence-electron chi connectivity index (χ0n) is 7.43. The number of aliphatic hydroxyl groups is 1. The van der Waals surface area contributed by atoms with Gasteiger partial charge in [0.2, 0.25) is 0 Å². The van der Waals surface area contributed by atoms with E-state index in [4.69, 9.17) is 4.42 Å². The van der Waals surface area contributed by atoms with E-state index in [1.54, 1.807) is 0 Å². The Labute approximate surface area is 78.7 Å². The molecule has 0 amide bonds. The predicted octanol–water partition coefficient (Wildman–Crippen LogP) is 2.74. The highest BCUT2D eigenvalue weighted by molar-refractivity contribution is 5.27. The van der Waals surface area contributed by atoms with Gasteiger partial charge in [0.1, 0.15) is 11.9 Å². The van der Waals surface area contributed by atoms with Gasteiger partial charge in [0, 0.05) is 5.56 Å². The topological polar surface area (TPSA) is 33.4 Å². The maximum absolute atomic E-state index is 12.1. The van der Waals surface area contributed by atoms with Crippen molar-refractivity contribution in [2.24, 2.45) is 0 Å². The third kappa shape index (κ3) is 1.98. The predicted molar refractivity (Wildman–Crippen MR) is 43.6 cm³/mol. The molecule has 1 atom stereocenters. The summed E-state index contributed by atoms with van der Waals surface area (Å²) in [5.74, 6) is 0.253. The maximum Gasteiger partial charge on any atom is 0.414 e. The molecule has 0 aliphatic carbocycles. The van der Waals surface area contributed by atoms with Crippen LogP contribution >= 0.6 is 0 Å². The van der Waals surface area contributed by atoms with Crippen molar-refractivity contribution in [3.05, 3.63) is 35.8 Å². The van der Waals surface area contributed by atoms with Crippen LogP contribution in [0.3, 0.4) is 0 Å². The minimum Gasteiger partial charge on any atom is -0.469 e. The zero-order chi connectivity index (χ0) is 10.9. The number of halogens is 3. The zero-order valence-corrected chi connectivity index (χ0v) is 7.43. The van der Waals surface area contributed by atoms with Gasteiger partial charge in [-0.1, -0.05) is 6.58 Å². The van der Waals surface area contributed by atoms with Gasteiger partial charge in [-0.15, -0.1) is 0 Å². The largest absolute Gasteiger partial charge is 0.469 e. The fourth-order valence-electron chi connectivity index (χ4n) is 1.02. The molecule has 78 valence electrons. The molecule has 14 heavy (non-hydrogen) atoms. The molecule has 0 spiro atoms. The number of alkyl halides is 3. The quantitative estimate of drug-likeness (QED) is 0.754. The van der Waals surface area contributed by atoms with E-state index in [-0.39, 0.29) is 11.3 Å². The van der Waals surface area contributed by atoms with Gasteiger partial charge >= 0.3 is 6.18 Å². The van der Waals surface area contributed by atoms with E-state index in [9.17, 15) is 18.3 Å². The van der Waals surface area contributed by atoms with E-state index >= 15 is 0 Å². The summed E-state index contributed by atoms with van der Waals surface area (Å²) < 4.78 is 41.2. The van der Waals surface area contributed by atoms with Crippen LogP contribution in [0.5, 0.6) is 0 Å². The molecule has 0 aromatic carbocycles. The molecule has 1 aromatic heterocycles. The van der Waals surface area contributed by atoms with Crippen molar-refractivity contribution in [1.29, 1.82) is 0 Å². The van der Waals surface area contributed by atoms with Crippen molar-refractivity contribution in [3.63, 3.8) is 0 Å².